The summed E-state index contributed by atoms with van der Waals surface area (Å²) in [6, 6.07) is 0.139. The van der Waals surface area contributed by atoms with E-state index in [0.717, 1.165) is 22.7 Å². The van der Waals surface area contributed by atoms with E-state index >= 15 is 0 Å². The molecule has 1 unspecified atom stereocenters. The van der Waals surface area contributed by atoms with Gasteiger partial charge < -0.3 is 5.32 Å². The van der Waals surface area contributed by atoms with Crippen LogP contribution in [-0.2, 0) is 7.05 Å². The van der Waals surface area contributed by atoms with Crippen molar-refractivity contribution >= 4 is 22.9 Å². The van der Waals surface area contributed by atoms with Crippen LogP contribution in [0.4, 0.5) is 0 Å². The van der Waals surface area contributed by atoms with Gasteiger partial charge in [-0.25, -0.2) is 0 Å². The summed E-state index contributed by atoms with van der Waals surface area (Å²) in [7, 11) is 1.92. The number of nitrogens with zero attached hydrogens (tertiary/aromatic N) is 2. The lowest BCUT2D eigenvalue weighted by atomic mass is 10.1. The lowest BCUT2D eigenvalue weighted by Gasteiger charge is -2.15. The van der Waals surface area contributed by atoms with Crippen molar-refractivity contribution in [3.63, 3.8) is 0 Å². The van der Waals surface area contributed by atoms with Crippen LogP contribution >= 0.6 is 22.9 Å². The molecule has 2 aromatic rings. The van der Waals surface area contributed by atoms with Gasteiger partial charge in [-0.3, -0.25) is 4.68 Å². The average molecular weight is 270 g/mol. The van der Waals surface area contributed by atoms with E-state index in [4.69, 9.17) is 11.6 Å². The Morgan fingerprint density at radius 2 is 2.35 bits per heavy atom. The molecule has 0 bridgehead atoms. The zero-order chi connectivity index (χ0) is 12.4. The van der Waals surface area contributed by atoms with Crippen LogP contribution in [0.25, 0.3) is 0 Å². The van der Waals surface area contributed by atoms with E-state index in [1.54, 1.807) is 11.3 Å². The lowest BCUT2D eigenvalue weighted by Crippen LogP contribution is -2.21. The first-order valence-corrected chi connectivity index (χ1v) is 6.84. The molecule has 2 heterocycles. The van der Waals surface area contributed by atoms with Crippen molar-refractivity contribution in [1.29, 1.82) is 0 Å². The third-order valence-corrected chi connectivity index (χ3v) is 4.43. The number of hydrogen-bond donors (Lipinski definition) is 1. The highest BCUT2D eigenvalue weighted by Crippen LogP contribution is 2.35. The van der Waals surface area contributed by atoms with Gasteiger partial charge in [-0.1, -0.05) is 18.5 Å². The summed E-state index contributed by atoms with van der Waals surface area (Å²) in [4.78, 5) is 1.17. The minimum Gasteiger partial charge on any atom is -0.306 e. The molecule has 2 rings (SSSR count). The SMILES string of the molecule is CCNC(c1cnn(C)c1)c1scc(C)c1Cl. The fourth-order valence-corrected chi connectivity index (χ4v) is 3.20. The van der Waals surface area contributed by atoms with Crippen molar-refractivity contribution in [3.05, 3.63) is 38.8 Å². The molecular weight excluding hydrogens is 254 g/mol. The van der Waals surface area contributed by atoms with E-state index in [0.29, 0.717) is 0 Å². The van der Waals surface area contributed by atoms with Crippen LogP contribution in [-0.4, -0.2) is 16.3 Å². The van der Waals surface area contributed by atoms with E-state index in [9.17, 15) is 0 Å². The molecule has 2 aromatic heterocycles. The first-order valence-electron chi connectivity index (χ1n) is 5.59. The molecule has 0 aliphatic rings. The maximum absolute atomic E-state index is 6.34. The van der Waals surface area contributed by atoms with Gasteiger partial charge in [-0.05, 0) is 24.4 Å². The highest BCUT2D eigenvalue weighted by molar-refractivity contribution is 7.10. The Balaban J connectivity index is 2.38. The summed E-state index contributed by atoms with van der Waals surface area (Å²) < 4.78 is 1.81. The number of rotatable bonds is 4. The summed E-state index contributed by atoms with van der Waals surface area (Å²) >= 11 is 8.04. The highest BCUT2D eigenvalue weighted by Gasteiger charge is 2.20. The second-order valence-electron chi connectivity index (χ2n) is 4.03. The van der Waals surface area contributed by atoms with Crippen LogP contribution in [0.1, 0.15) is 29.0 Å². The number of aromatic nitrogens is 2. The highest BCUT2D eigenvalue weighted by atomic mass is 35.5. The summed E-state index contributed by atoms with van der Waals surface area (Å²) in [5.74, 6) is 0. The van der Waals surface area contributed by atoms with E-state index < -0.39 is 0 Å². The number of nitrogens with one attached hydrogen (secondary N) is 1. The van der Waals surface area contributed by atoms with Crippen LogP contribution in [0, 0.1) is 6.92 Å². The van der Waals surface area contributed by atoms with Crippen LogP contribution in [0.3, 0.4) is 0 Å². The van der Waals surface area contributed by atoms with E-state index in [1.807, 2.05) is 31.0 Å². The van der Waals surface area contributed by atoms with Crippen LogP contribution in [0.2, 0.25) is 5.02 Å². The van der Waals surface area contributed by atoms with Crippen molar-refractivity contribution in [2.24, 2.45) is 7.05 Å². The van der Waals surface area contributed by atoms with Gasteiger partial charge in [0.2, 0.25) is 0 Å². The number of hydrogen-bond acceptors (Lipinski definition) is 3. The molecule has 0 aromatic carbocycles. The molecule has 0 saturated carbocycles. The van der Waals surface area contributed by atoms with E-state index in [-0.39, 0.29) is 6.04 Å². The van der Waals surface area contributed by atoms with Crippen LogP contribution in [0.5, 0.6) is 0 Å². The van der Waals surface area contributed by atoms with E-state index in [2.05, 4.69) is 22.7 Å². The van der Waals surface area contributed by atoms with E-state index in [1.165, 1.54) is 4.88 Å². The minimum absolute atomic E-state index is 0.139. The molecule has 0 aliphatic carbocycles. The standard InChI is InChI=1S/C12H16ClN3S/c1-4-14-11(9-5-15-16(3)6-9)12-10(13)8(2)7-17-12/h5-7,11,14H,4H2,1-3H3. The van der Waals surface area contributed by atoms with Gasteiger partial charge in [0.15, 0.2) is 0 Å². The predicted molar refractivity (Wildman–Crippen MR) is 72.8 cm³/mol. The molecule has 0 amide bonds. The van der Waals surface area contributed by atoms with Gasteiger partial charge >= 0.3 is 0 Å². The molecule has 0 fully saturated rings. The van der Waals surface area contributed by atoms with Crippen molar-refractivity contribution in [2.75, 3.05) is 6.54 Å². The monoisotopic (exact) mass is 269 g/mol. The largest absolute Gasteiger partial charge is 0.306 e. The van der Waals surface area contributed by atoms with Gasteiger partial charge in [0.1, 0.15) is 0 Å². The summed E-state index contributed by atoms with van der Waals surface area (Å²) in [6.07, 6.45) is 3.91. The fourth-order valence-electron chi connectivity index (χ4n) is 1.80. The van der Waals surface area contributed by atoms with Gasteiger partial charge in [0.05, 0.1) is 17.3 Å². The van der Waals surface area contributed by atoms with Crippen molar-refractivity contribution < 1.29 is 0 Å². The Labute approximate surface area is 110 Å². The third-order valence-electron chi connectivity index (χ3n) is 2.65. The lowest BCUT2D eigenvalue weighted by molar-refractivity contribution is 0.638. The van der Waals surface area contributed by atoms with Crippen LogP contribution in [0.15, 0.2) is 17.8 Å². The zero-order valence-corrected chi connectivity index (χ0v) is 11.8. The molecular formula is C12H16ClN3S. The molecule has 1 N–H and O–H groups in total. The van der Waals surface area contributed by atoms with Gasteiger partial charge in [0, 0.05) is 23.7 Å². The molecule has 0 saturated heterocycles. The Bertz CT molecular complexity index is 504. The number of halogens is 1. The van der Waals surface area contributed by atoms with Gasteiger partial charge in [0.25, 0.3) is 0 Å². The minimum atomic E-state index is 0.139. The Morgan fingerprint density at radius 3 is 2.82 bits per heavy atom. The second kappa shape index (κ2) is 5.21. The molecule has 0 spiro atoms. The molecule has 3 nitrogen and oxygen atoms in total. The van der Waals surface area contributed by atoms with Gasteiger partial charge in [-0.15, -0.1) is 11.3 Å². The third kappa shape index (κ3) is 2.54. The topological polar surface area (TPSA) is 29.9 Å². The molecule has 92 valence electrons. The first-order chi connectivity index (χ1) is 8.13. The Morgan fingerprint density at radius 1 is 1.59 bits per heavy atom. The number of aryl methyl sites for hydroxylation is 2. The molecule has 5 heteroatoms. The maximum Gasteiger partial charge on any atom is 0.0717 e. The van der Waals surface area contributed by atoms with Gasteiger partial charge in [-0.2, -0.15) is 5.10 Å². The molecule has 1 atom stereocenters. The quantitative estimate of drug-likeness (QED) is 0.924. The van der Waals surface area contributed by atoms with Crippen molar-refractivity contribution in [1.82, 2.24) is 15.1 Å². The molecule has 17 heavy (non-hydrogen) atoms. The fraction of sp³-hybridized carbons (Fsp3) is 0.417. The zero-order valence-electron chi connectivity index (χ0n) is 10.2. The summed E-state index contributed by atoms with van der Waals surface area (Å²) in [6.45, 7) is 5.03. The predicted octanol–water partition coefficient (Wildman–Crippen LogP) is 3.14. The molecule has 0 aliphatic heterocycles. The summed E-state index contributed by atoms with van der Waals surface area (Å²) in [5.41, 5.74) is 2.29. The summed E-state index contributed by atoms with van der Waals surface area (Å²) in [5, 5.41) is 10.6. The second-order valence-corrected chi connectivity index (χ2v) is 5.32. The number of thiophene rings is 1. The average Bonchev–Trinajstić information content (AvgIpc) is 2.85. The van der Waals surface area contributed by atoms with Crippen molar-refractivity contribution in [3.8, 4) is 0 Å². The first kappa shape index (κ1) is 12.6. The van der Waals surface area contributed by atoms with Crippen molar-refractivity contribution in [2.45, 2.75) is 19.9 Å². The Hall–Kier alpha value is -0.840. The molecule has 0 radical (unpaired) electrons. The normalized spacial score (nSPS) is 12.9. The Kier molecular flexibility index (Phi) is 3.86. The maximum atomic E-state index is 6.34. The smallest absolute Gasteiger partial charge is 0.0717 e. The van der Waals surface area contributed by atoms with Crippen LogP contribution < -0.4 is 5.32 Å².